The number of amides is 2. The molecule has 2 aliphatic carbocycles. The Labute approximate surface area is 309 Å². The number of halogens is 2. The molecule has 2 heterocycles. The largest absolute Gasteiger partial charge is 0.481 e. The Bertz CT molecular complexity index is 1450. The second kappa shape index (κ2) is 17.5. The minimum atomic E-state index is -1.65. The zero-order chi connectivity index (χ0) is 36.7. The Morgan fingerprint density at radius 1 is 1.02 bits per heavy atom. The van der Waals surface area contributed by atoms with Gasteiger partial charge in [-0.05, 0) is 49.5 Å². The molecular weight excluding hydrogens is 699 g/mol. The summed E-state index contributed by atoms with van der Waals surface area (Å²) in [6.07, 6.45) is 6.67. The first-order valence-corrected chi connectivity index (χ1v) is 19.1. The second-order valence-electron chi connectivity index (χ2n) is 14.9. The highest BCUT2D eigenvalue weighted by Crippen LogP contribution is 2.35. The summed E-state index contributed by atoms with van der Waals surface area (Å²) in [5.41, 5.74) is -0.431. The number of benzene rings is 1. The van der Waals surface area contributed by atoms with Crippen LogP contribution >= 0.6 is 23.2 Å². The van der Waals surface area contributed by atoms with Gasteiger partial charge in [0.2, 0.25) is 11.5 Å². The molecule has 2 aliphatic heterocycles. The van der Waals surface area contributed by atoms with Crippen LogP contribution < -0.4 is 16.0 Å². The molecule has 1 saturated heterocycles. The summed E-state index contributed by atoms with van der Waals surface area (Å²) in [6, 6.07) is 7.52. The second-order valence-corrected chi connectivity index (χ2v) is 16.0. The van der Waals surface area contributed by atoms with Crippen LogP contribution in [0.2, 0.25) is 0 Å². The molecular formula is C37H50Cl2N4O8. The van der Waals surface area contributed by atoms with Crippen LogP contribution in [0.25, 0.3) is 0 Å². The lowest BCUT2D eigenvalue weighted by Crippen LogP contribution is -2.56. The molecule has 1 aromatic rings. The van der Waals surface area contributed by atoms with Gasteiger partial charge in [-0.25, -0.2) is 0 Å². The van der Waals surface area contributed by atoms with E-state index in [9.17, 15) is 29.1 Å². The van der Waals surface area contributed by atoms with Crippen LogP contribution in [-0.2, 0) is 40.0 Å². The number of alkyl halides is 2. The highest BCUT2D eigenvalue weighted by atomic mass is 35.5. The molecule has 14 heteroatoms. The minimum absolute atomic E-state index is 0.0106. The summed E-state index contributed by atoms with van der Waals surface area (Å²) in [5, 5.41) is 22.3. The number of Topliss-reactive ketones (excluding diaryl/α,β-unsaturated/α-hetero) is 1. The van der Waals surface area contributed by atoms with E-state index < -0.39 is 71.0 Å². The fourth-order valence-corrected chi connectivity index (χ4v) is 8.88. The topological polar surface area (TPSA) is 172 Å². The van der Waals surface area contributed by atoms with Crippen LogP contribution in [0.5, 0.6) is 0 Å². The van der Waals surface area contributed by atoms with E-state index in [-0.39, 0.29) is 30.6 Å². The summed E-state index contributed by atoms with van der Waals surface area (Å²) in [7, 11) is 0. The molecule has 12 nitrogen and oxygen atoms in total. The number of nitrogens with one attached hydrogen (secondary N) is 3. The van der Waals surface area contributed by atoms with E-state index in [2.05, 4.69) is 21.1 Å². The molecule has 0 bridgehead atoms. The maximum Gasteiger partial charge on any atom is 0.312 e. The molecule has 4 aliphatic rings. The van der Waals surface area contributed by atoms with Crippen molar-refractivity contribution < 1.29 is 38.7 Å². The van der Waals surface area contributed by atoms with Crippen molar-refractivity contribution >= 4 is 58.4 Å². The number of hydrogen-bond donors (Lipinski definition) is 4. The minimum Gasteiger partial charge on any atom is -0.481 e. The summed E-state index contributed by atoms with van der Waals surface area (Å²) in [5.74, 6) is -4.34. The van der Waals surface area contributed by atoms with Gasteiger partial charge in [0.1, 0.15) is 6.04 Å². The first kappa shape index (κ1) is 39.0. The molecule has 4 N–H and O–H groups in total. The summed E-state index contributed by atoms with van der Waals surface area (Å²) in [6.45, 7) is 3.75. The molecule has 3 fully saturated rings. The Balaban J connectivity index is 1.29. The van der Waals surface area contributed by atoms with Crippen molar-refractivity contribution in [1.29, 1.82) is 0 Å². The van der Waals surface area contributed by atoms with E-state index in [0.29, 0.717) is 37.1 Å². The van der Waals surface area contributed by atoms with E-state index in [1.807, 2.05) is 44.2 Å². The van der Waals surface area contributed by atoms with Gasteiger partial charge >= 0.3 is 11.9 Å². The number of fused-ring (bicyclic) bond motifs is 1. The van der Waals surface area contributed by atoms with Gasteiger partial charge in [0.05, 0.1) is 30.0 Å². The van der Waals surface area contributed by atoms with Crippen molar-refractivity contribution in [3.05, 3.63) is 35.9 Å². The monoisotopic (exact) mass is 748 g/mol. The smallest absolute Gasteiger partial charge is 0.312 e. The zero-order valence-corrected chi connectivity index (χ0v) is 30.8. The number of carbonyl (C=O) groups is 5. The maximum absolute atomic E-state index is 14.2. The first-order valence-electron chi connectivity index (χ1n) is 18.2. The van der Waals surface area contributed by atoms with Crippen molar-refractivity contribution in [3.8, 4) is 0 Å². The predicted molar refractivity (Wildman–Crippen MR) is 191 cm³/mol. The van der Waals surface area contributed by atoms with E-state index in [0.717, 1.165) is 31.2 Å². The normalized spacial score (nSPS) is 30.2. The lowest BCUT2D eigenvalue weighted by Gasteiger charge is -2.40. The Morgan fingerprint density at radius 3 is 2.41 bits per heavy atom. The van der Waals surface area contributed by atoms with Crippen molar-refractivity contribution in [2.45, 2.75) is 119 Å². The molecule has 5 rings (SSSR count). The molecule has 8 atom stereocenters. The maximum atomic E-state index is 14.2. The molecule has 2 amide bonds. The molecule has 280 valence electrons. The molecule has 1 aromatic carbocycles. The molecule has 0 spiro atoms. The van der Waals surface area contributed by atoms with Crippen molar-refractivity contribution in [2.75, 3.05) is 13.2 Å². The van der Waals surface area contributed by atoms with Gasteiger partial charge in [0, 0.05) is 36.2 Å². The molecule has 0 aromatic heterocycles. The van der Waals surface area contributed by atoms with Crippen LogP contribution in [0.15, 0.2) is 35.5 Å². The van der Waals surface area contributed by atoms with Crippen molar-refractivity contribution in [3.63, 3.8) is 0 Å². The molecule has 0 radical (unpaired) electrons. The van der Waals surface area contributed by atoms with Crippen LogP contribution in [0.4, 0.5) is 0 Å². The average Bonchev–Trinajstić information content (AvgIpc) is 3.53. The van der Waals surface area contributed by atoms with Gasteiger partial charge in [-0.1, -0.05) is 68.6 Å². The van der Waals surface area contributed by atoms with Gasteiger partial charge in [0.15, 0.2) is 12.4 Å². The van der Waals surface area contributed by atoms with Crippen LogP contribution in [0.3, 0.4) is 0 Å². The highest BCUT2D eigenvalue weighted by molar-refractivity contribution is 6.26. The number of carboxylic acids is 1. The number of ether oxygens (including phenoxy) is 1. The number of piperidine rings is 1. The fourth-order valence-electron chi connectivity index (χ4n) is 7.94. The number of oxime groups is 1. The zero-order valence-electron chi connectivity index (χ0n) is 29.3. The number of carboxylic acid groups (broad SMARTS) is 1. The van der Waals surface area contributed by atoms with Crippen LogP contribution in [-0.4, -0.2) is 88.0 Å². The standard InChI is InChI=1S/C37H50Cl2N4O8/c1-21(2)33(42-34(47)24-15-23-11-6-7-14-27(23)40-19-24)29-18-37(51-43-29,17-22-9-4-3-5-10-22)36(49)41-28(16-31(45)46)30(44)20-50-35(48)32-25(38)12-8-13-26(32)39/h3-5,9-10,21,23-28,32-33,40H,6-8,11-20H2,1-2H3,(H,41,49)(H,42,47)(H,45,46)/t23?,24?,25?,26?,27?,28-,32?,33-,37?/m0/s1. The Hall–Kier alpha value is -3.22. The summed E-state index contributed by atoms with van der Waals surface area (Å²) >= 11 is 12.7. The van der Waals surface area contributed by atoms with Crippen molar-refractivity contribution in [2.24, 2.45) is 28.8 Å². The number of rotatable bonds is 14. The van der Waals surface area contributed by atoms with Crippen molar-refractivity contribution in [1.82, 2.24) is 16.0 Å². The van der Waals surface area contributed by atoms with E-state index >= 15 is 0 Å². The van der Waals surface area contributed by atoms with Gasteiger partial charge in [-0.15, -0.1) is 23.2 Å². The van der Waals surface area contributed by atoms with Gasteiger partial charge in [0.25, 0.3) is 5.91 Å². The third-order valence-electron chi connectivity index (χ3n) is 10.8. The first-order chi connectivity index (χ1) is 24.4. The quantitative estimate of drug-likeness (QED) is 0.161. The van der Waals surface area contributed by atoms with E-state index in [4.69, 9.17) is 32.8 Å². The molecule has 51 heavy (non-hydrogen) atoms. The SMILES string of the molecule is CC(C)[C@H](NC(=O)C1CNC2CCCCC2C1)C1=NOC(Cc2ccccc2)(C(=O)N[C@@H](CC(=O)O)C(=O)COC(=O)C2C(Cl)CCCC2Cl)C1. The average molecular weight is 750 g/mol. The Morgan fingerprint density at radius 2 is 1.73 bits per heavy atom. The van der Waals surface area contributed by atoms with E-state index in [1.54, 1.807) is 0 Å². The van der Waals surface area contributed by atoms with Crippen LogP contribution in [0, 0.1) is 23.7 Å². The molecule has 2 saturated carbocycles. The fraction of sp³-hybridized carbons (Fsp3) is 0.676. The summed E-state index contributed by atoms with van der Waals surface area (Å²) < 4.78 is 5.27. The number of ketones is 1. The van der Waals surface area contributed by atoms with Crippen LogP contribution in [0.1, 0.15) is 83.6 Å². The van der Waals surface area contributed by atoms with Gasteiger partial charge in [-0.2, -0.15) is 0 Å². The Kier molecular flexibility index (Phi) is 13.4. The lowest BCUT2D eigenvalue weighted by atomic mass is 9.76. The van der Waals surface area contributed by atoms with Gasteiger partial charge in [-0.3, -0.25) is 24.0 Å². The molecule has 6 unspecified atom stereocenters. The number of nitrogens with zero attached hydrogens (tertiary/aromatic N) is 1. The third-order valence-corrected chi connectivity index (χ3v) is 11.8. The van der Waals surface area contributed by atoms with Gasteiger partial charge < -0.3 is 30.6 Å². The highest BCUT2D eigenvalue weighted by Gasteiger charge is 2.50. The number of carbonyl (C=O) groups excluding carboxylic acids is 4. The third kappa shape index (κ3) is 9.81. The predicted octanol–water partition coefficient (Wildman–Crippen LogP) is 4.14. The van der Waals surface area contributed by atoms with E-state index in [1.165, 1.54) is 12.8 Å². The lowest BCUT2D eigenvalue weighted by molar-refractivity contribution is -0.154. The number of esters is 1. The number of hydrogen-bond acceptors (Lipinski definition) is 9. The summed E-state index contributed by atoms with van der Waals surface area (Å²) in [4.78, 5) is 71.8. The number of aliphatic carboxylic acids is 1.